The molecule has 0 aliphatic heterocycles. The molecule has 2 saturated carbocycles. The van der Waals surface area contributed by atoms with Gasteiger partial charge in [0.25, 0.3) is 0 Å². The molecule has 2 rings (SSSR count). The van der Waals surface area contributed by atoms with Gasteiger partial charge in [0.2, 0.25) is 0 Å². The maximum Gasteiger partial charge on any atom is 0.150 e. The number of carbonyl (C=O) groups is 1. The highest BCUT2D eigenvalue weighted by Gasteiger charge is 2.41. The Bertz CT molecular complexity index is 190. The second-order valence-corrected chi connectivity index (χ2v) is 4.41. The Hall–Kier alpha value is -0.0400. The van der Waals surface area contributed by atoms with Gasteiger partial charge in [0.1, 0.15) is 0 Å². The van der Waals surface area contributed by atoms with Crippen LogP contribution in [0.15, 0.2) is 0 Å². The van der Waals surface area contributed by atoms with Gasteiger partial charge in [-0.3, -0.25) is 4.79 Å². The number of hydrogen-bond acceptors (Lipinski definition) is 1. The fourth-order valence-electron chi connectivity index (χ4n) is 3.06. The van der Waals surface area contributed by atoms with Gasteiger partial charge < -0.3 is 0 Å². The average Bonchev–Trinajstić information content (AvgIpc) is 2.62. The molecule has 12 heavy (non-hydrogen) atoms. The number of fused-ring (bicyclic) bond motifs is 1. The van der Waals surface area contributed by atoms with Crippen molar-refractivity contribution in [3.05, 3.63) is 0 Å². The third-order valence-electron chi connectivity index (χ3n) is 3.63. The van der Waals surface area contributed by atoms with Crippen LogP contribution in [0.3, 0.4) is 0 Å². The summed E-state index contributed by atoms with van der Waals surface area (Å²) in [5, 5.41) is 0. The fourth-order valence-corrected chi connectivity index (χ4v) is 3.26. The standard InChI is InChI=1S/C10H15ClO/c11-6-10(12)9-5-4-7-2-1-3-8(7)9/h7-9H,1-6H2. The van der Waals surface area contributed by atoms with Crippen molar-refractivity contribution in [2.45, 2.75) is 32.1 Å². The van der Waals surface area contributed by atoms with Crippen LogP contribution >= 0.6 is 11.6 Å². The summed E-state index contributed by atoms with van der Waals surface area (Å²) in [4.78, 5) is 11.4. The van der Waals surface area contributed by atoms with Gasteiger partial charge in [0, 0.05) is 5.92 Å². The van der Waals surface area contributed by atoms with Crippen LogP contribution in [0, 0.1) is 17.8 Å². The molecule has 0 aromatic heterocycles. The molecule has 0 saturated heterocycles. The topological polar surface area (TPSA) is 17.1 Å². The molecule has 2 fully saturated rings. The summed E-state index contributed by atoms with van der Waals surface area (Å²) in [5.41, 5.74) is 0. The molecule has 0 bridgehead atoms. The lowest BCUT2D eigenvalue weighted by Crippen LogP contribution is -2.20. The summed E-state index contributed by atoms with van der Waals surface area (Å²) in [6.07, 6.45) is 6.36. The zero-order chi connectivity index (χ0) is 8.55. The molecule has 0 aromatic carbocycles. The molecule has 0 amide bonds. The summed E-state index contributed by atoms with van der Waals surface area (Å²) < 4.78 is 0. The quantitative estimate of drug-likeness (QED) is 0.606. The van der Waals surface area contributed by atoms with E-state index in [9.17, 15) is 4.79 Å². The van der Waals surface area contributed by atoms with Crippen molar-refractivity contribution < 1.29 is 4.79 Å². The van der Waals surface area contributed by atoms with Crippen molar-refractivity contribution in [1.82, 2.24) is 0 Å². The Labute approximate surface area is 78.5 Å². The number of rotatable bonds is 2. The molecule has 0 spiro atoms. The van der Waals surface area contributed by atoms with Crippen molar-refractivity contribution in [3.8, 4) is 0 Å². The highest BCUT2D eigenvalue weighted by Crippen LogP contribution is 2.47. The van der Waals surface area contributed by atoms with Crippen molar-refractivity contribution in [2.75, 3.05) is 5.88 Å². The van der Waals surface area contributed by atoms with E-state index in [2.05, 4.69) is 0 Å². The predicted octanol–water partition coefficient (Wildman–Crippen LogP) is 2.62. The summed E-state index contributed by atoms with van der Waals surface area (Å²) in [6.45, 7) is 0. The summed E-state index contributed by atoms with van der Waals surface area (Å²) in [6, 6.07) is 0. The van der Waals surface area contributed by atoms with E-state index in [0.717, 1.165) is 12.3 Å². The number of halogens is 1. The Kier molecular flexibility index (Phi) is 2.40. The lowest BCUT2D eigenvalue weighted by molar-refractivity contribution is -0.121. The smallest absolute Gasteiger partial charge is 0.150 e. The first-order valence-corrected chi connectivity index (χ1v) is 5.45. The van der Waals surface area contributed by atoms with Crippen molar-refractivity contribution >= 4 is 17.4 Å². The predicted molar refractivity (Wildman–Crippen MR) is 49.3 cm³/mol. The van der Waals surface area contributed by atoms with Crippen LogP contribution in [0.25, 0.3) is 0 Å². The molecule has 2 aliphatic carbocycles. The number of ketones is 1. The lowest BCUT2D eigenvalue weighted by atomic mass is 9.89. The molecule has 0 radical (unpaired) electrons. The highest BCUT2D eigenvalue weighted by atomic mass is 35.5. The van der Waals surface area contributed by atoms with Crippen LogP contribution in [0.5, 0.6) is 0 Å². The van der Waals surface area contributed by atoms with Gasteiger partial charge in [0.15, 0.2) is 5.78 Å². The average molecular weight is 187 g/mol. The van der Waals surface area contributed by atoms with E-state index in [1.165, 1.54) is 25.7 Å². The maximum atomic E-state index is 11.4. The monoisotopic (exact) mass is 186 g/mol. The SMILES string of the molecule is O=C(CCl)C1CCC2CCCC21. The third-order valence-corrected chi connectivity index (χ3v) is 3.89. The van der Waals surface area contributed by atoms with Gasteiger partial charge in [-0.05, 0) is 31.1 Å². The van der Waals surface area contributed by atoms with Gasteiger partial charge in [0.05, 0.1) is 5.88 Å². The zero-order valence-electron chi connectivity index (χ0n) is 7.26. The first kappa shape index (κ1) is 8.55. The van der Waals surface area contributed by atoms with Crippen molar-refractivity contribution in [2.24, 2.45) is 17.8 Å². The second-order valence-electron chi connectivity index (χ2n) is 4.14. The van der Waals surface area contributed by atoms with Crippen LogP contribution in [0.1, 0.15) is 32.1 Å². The minimum atomic E-state index is 0.230. The van der Waals surface area contributed by atoms with Gasteiger partial charge in [-0.1, -0.05) is 12.8 Å². The Morgan fingerprint density at radius 3 is 2.83 bits per heavy atom. The van der Waals surface area contributed by atoms with Crippen LogP contribution < -0.4 is 0 Å². The molecule has 3 unspecified atom stereocenters. The van der Waals surface area contributed by atoms with Gasteiger partial charge in [-0.15, -0.1) is 11.6 Å². The largest absolute Gasteiger partial charge is 0.298 e. The van der Waals surface area contributed by atoms with Crippen LogP contribution in [-0.4, -0.2) is 11.7 Å². The highest BCUT2D eigenvalue weighted by molar-refractivity contribution is 6.27. The third kappa shape index (κ3) is 1.28. The zero-order valence-corrected chi connectivity index (χ0v) is 8.02. The van der Waals surface area contributed by atoms with E-state index in [0.29, 0.717) is 17.6 Å². The van der Waals surface area contributed by atoms with E-state index in [-0.39, 0.29) is 5.88 Å². The Balaban J connectivity index is 2.04. The van der Waals surface area contributed by atoms with Crippen molar-refractivity contribution in [3.63, 3.8) is 0 Å². The van der Waals surface area contributed by atoms with Gasteiger partial charge in [-0.2, -0.15) is 0 Å². The Morgan fingerprint density at radius 2 is 2.08 bits per heavy atom. The number of alkyl halides is 1. The van der Waals surface area contributed by atoms with Crippen molar-refractivity contribution in [1.29, 1.82) is 0 Å². The van der Waals surface area contributed by atoms with E-state index in [4.69, 9.17) is 11.6 Å². The lowest BCUT2D eigenvalue weighted by Gasteiger charge is -2.15. The molecule has 2 aliphatic rings. The molecule has 1 nitrogen and oxygen atoms in total. The molecule has 3 atom stereocenters. The van der Waals surface area contributed by atoms with Gasteiger partial charge in [-0.25, -0.2) is 0 Å². The van der Waals surface area contributed by atoms with E-state index < -0.39 is 0 Å². The summed E-state index contributed by atoms with van der Waals surface area (Å²) in [7, 11) is 0. The molecule has 0 heterocycles. The number of hydrogen-bond donors (Lipinski definition) is 0. The Morgan fingerprint density at radius 1 is 1.25 bits per heavy atom. The van der Waals surface area contributed by atoms with Crippen LogP contribution in [0.4, 0.5) is 0 Å². The maximum absolute atomic E-state index is 11.4. The molecular formula is C10H15ClO. The molecule has 0 N–H and O–H groups in total. The van der Waals surface area contributed by atoms with Gasteiger partial charge >= 0.3 is 0 Å². The second kappa shape index (κ2) is 3.37. The van der Waals surface area contributed by atoms with Crippen LogP contribution in [0.2, 0.25) is 0 Å². The molecule has 2 heteroatoms. The minimum absolute atomic E-state index is 0.230. The number of Topliss-reactive ketones (excluding diaryl/α,β-unsaturated/α-hetero) is 1. The summed E-state index contributed by atoms with van der Waals surface area (Å²) >= 11 is 5.57. The van der Waals surface area contributed by atoms with E-state index in [1.54, 1.807) is 0 Å². The van der Waals surface area contributed by atoms with E-state index >= 15 is 0 Å². The fraction of sp³-hybridized carbons (Fsp3) is 0.900. The summed E-state index contributed by atoms with van der Waals surface area (Å²) in [5.74, 6) is 2.42. The first-order valence-electron chi connectivity index (χ1n) is 4.91. The molecule has 68 valence electrons. The normalized spacial score (nSPS) is 39.9. The molecular weight excluding hydrogens is 172 g/mol. The van der Waals surface area contributed by atoms with Crippen LogP contribution in [-0.2, 0) is 4.79 Å². The first-order chi connectivity index (χ1) is 5.83. The minimum Gasteiger partial charge on any atom is -0.298 e. The molecule has 0 aromatic rings. The number of carbonyl (C=O) groups excluding carboxylic acids is 1. The van der Waals surface area contributed by atoms with E-state index in [1.807, 2.05) is 0 Å².